The number of nitrogens with zero attached hydrogens (tertiary/aromatic N) is 1. The minimum Gasteiger partial charge on any atom is -0.323 e. The van der Waals surface area contributed by atoms with E-state index in [2.05, 4.69) is 63.9 Å². The van der Waals surface area contributed by atoms with E-state index in [1.807, 2.05) is 6.07 Å². The summed E-state index contributed by atoms with van der Waals surface area (Å²) in [7, 11) is 2.21. The van der Waals surface area contributed by atoms with Crippen molar-refractivity contribution in [1.82, 2.24) is 4.90 Å². The average molecular weight is 262 g/mol. The predicted molar refractivity (Wildman–Crippen MR) is 84.1 cm³/mol. The molecule has 0 heterocycles. The first kappa shape index (κ1) is 16.2. The third-order valence-electron chi connectivity index (χ3n) is 4.05. The van der Waals surface area contributed by atoms with Crippen LogP contribution >= 0.6 is 0 Å². The van der Waals surface area contributed by atoms with Crippen LogP contribution in [0.3, 0.4) is 0 Å². The summed E-state index contributed by atoms with van der Waals surface area (Å²) < 4.78 is 0. The van der Waals surface area contributed by atoms with E-state index in [-0.39, 0.29) is 6.04 Å². The van der Waals surface area contributed by atoms with Crippen LogP contribution in [0.25, 0.3) is 0 Å². The quantitative estimate of drug-likeness (QED) is 0.809. The van der Waals surface area contributed by atoms with Crippen molar-refractivity contribution in [3.05, 3.63) is 35.9 Å². The van der Waals surface area contributed by atoms with Crippen molar-refractivity contribution >= 4 is 0 Å². The molecule has 0 saturated carbocycles. The zero-order chi connectivity index (χ0) is 14.4. The van der Waals surface area contributed by atoms with Crippen LogP contribution in [0, 0.1) is 5.92 Å². The molecule has 3 atom stereocenters. The van der Waals surface area contributed by atoms with Crippen LogP contribution in [-0.4, -0.2) is 24.0 Å². The van der Waals surface area contributed by atoms with Gasteiger partial charge in [0.15, 0.2) is 0 Å². The van der Waals surface area contributed by atoms with Crippen LogP contribution in [-0.2, 0) is 0 Å². The second-order valence-electron chi connectivity index (χ2n) is 6.06. The molecule has 2 nitrogen and oxygen atoms in total. The van der Waals surface area contributed by atoms with Crippen molar-refractivity contribution in [3.8, 4) is 0 Å². The molecule has 0 spiro atoms. The summed E-state index contributed by atoms with van der Waals surface area (Å²) in [5, 5.41) is 0. The van der Waals surface area contributed by atoms with E-state index >= 15 is 0 Å². The van der Waals surface area contributed by atoms with Gasteiger partial charge in [0.25, 0.3) is 0 Å². The van der Waals surface area contributed by atoms with Gasteiger partial charge in [0.2, 0.25) is 0 Å². The van der Waals surface area contributed by atoms with Gasteiger partial charge in [-0.25, -0.2) is 0 Å². The third kappa shape index (κ3) is 4.63. The number of rotatable bonds is 7. The molecule has 108 valence electrons. The second-order valence-corrected chi connectivity index (χ2v) is 6.06. The fourth-order valence-electron chi connectivity index (χ4n) is 2.87. The van der Waals surface area contributed by atoms with Gasteiger partial charge in [-0.2, -0.15) is 0 Å². The normalized spacial score (nSPS) is 16.6. The van der Waals surface area contributed by atoms with E-state index in [1.165, 1.54) is 12.0 Å². The van der Waals surface area contributed by atoms with Crippen LogP contribution in [0.5, 0.6) is 0 Å². The van der Waals surface area contributed by atoms with E-state index in [0.29, 0.717) is 12.1 Å². The SMILES string of the molecule is CCC(C(N)c1ccccc1)N(C)C(C)CC(C)C. The molecular weight excluding hydrogens is 232 g/mol. The minimum atomic E-state index is 0.0887. The monoisotopic (exact) mass is 262 g/mol. The van der Waals surface area contributed by atoms with Crippen LogP contribution in [0.2, 0.25) is 0 Å². The highest BCUT2D eigenvalue weighted by molar-refractivity contribution is 5.20. The molecule has 0 aliphatic carbocycles. The molecule has 0 radical (unpaired) electrons. The fraction of sp³-hybridized carbons (Fsp3) is 0.647. The van der Waals surface area contributed by atoms with E-state index in [4.69, 9.17) is 5.73 Å². The van der Waals surface area contributed by atoms with Crippen LogP contribution in [0.15, 0.2) is 30.3 Å². The van der Waals surface area contributed by atoms with Crippen LogP contribution < -0.4 is 5.73 Å². The molecule has 1 aromatic rings. The number of benzene rings is 1. The molecule has 0 fully saturated rings. The van der Waals surface area contributed by atoms with Gasteiger partial charge in [-0.05, 0) is 38.3 Å². The molecule has 3 unspecified atom stereocenters. The predicted octanol–water partition coefficient (Wildman–Crippen LogP) is 3.83. The highest BCUT2D eigenvalue weighted by Crippen LogP contribution is 2.23. The Labute approximate surface area is 119 Å². The lowest BCUT2D eigenvalue weighted by atomic mass is 9.94. The molecule has 19 heavy (non-hydrogen) atoms. The molecule has 1 rings (SSSR count). The molecule has 0 aromatic heterocycles. The Hall–Kier alpha value is -0.860. The van der Waals surface area contributed by atoms with Crippen molar-refractivity contribution < 1.29 is 0 Å². The maximum absolute atomic E-state index is 6.48. The number of hydrogen-bond donors (Lipinski definition) is 1. The molecule has 1 aromatic carbocycles. The average Bonchev–Trinajstić information content (AvgIpc) is 2.39. The lowest BCUT2D eigenvalue weighted by molar-refractivity contribution is 0.139. The maximum atomic E-state index is 6.48. The summed E-state index contributed by atoms with van der Waals surface area (Å²) in [6, 6.07) is 11.5. The Kier molecular flexibility index (Phi) is 6.53. The molecule has 0 saturated heterocycles. The number of hydrogen-bond acceptors (Lipinski definition) is 2. The largest absolute Gasteiger partial charge is 0.323 e. The van der Waals surface area contributed by atoms with Crippen molar-refractivity contribution in [3.63, 3.8) is 0 Å². The first-order chi connectivity index (χ1) is 8.97. The van der Waals surface area contributed by atoms with E-state index in [9.17, 15) is 0 Å². The summed E-state index contributed by atoms with van der Waals surface area (Å²) in [4.78, 5) is 2.46. The van der Waals surface area contributed by atoms with Gasteiger partial charge in [0.1, 0.15) is 0 Å². The Morgan fingerprint density at radius 1 is 1.11 bits per heavy atom. The van der Waals surface area contributed by atoms with Gasteiger partial charge in [-0.15, -0.1) is 0 Å². The molecule has 0 amide bonds. The summed E-state index contributed by atoms with van der Waals surface area (Å²) >= 11 is 0. The first-order valence-electron chi connectivity index (χ1n) is 7.49. The lowest BCUT2D eigenvalue weighted by Crippen LogP contribution is -2.45. The van der Waals surface area contributed by atoms with Crippen LogP contribution in [0.1, 0.15) is 52.1 Å². The summed E-state index contributed by atoms with van der Waals surface area (Å²) in [6.07, 6.45) is 2.30. The van der Waals surface area contributed by atoms with E-state index in [0.717, 1.165) is 12.3 Å². The van der Waals surface area contributed by atoms with Gasteiger partial charge < -0.3 is 5.73 Å². The standard InChI is InChI=1S/C17H30N2/c1-6-16(19(5)14(4)12-13(2)3)17(18)15-10-8-7-9-11-15/h7-11,13-14,16-17H,6,12,18H2,1-5H3. The second kappa shape index (κ2) is 7.66. The van der Waals surface area contributed by atoms with Crippen LogP contribution in [0.4, 0.5) is 0 Å². The molecule has 0 bridgehead atoms. The summed E-state index contributed by atoms with van der Waals surface area (Å²) in [5.74, 6) is 0.725. The lowest BCUT2D eigenvalue weighted by Gasteiger charge is -2.37. The Morgan fingerprint density at radius 2 is 1.68 bits per heavy atom. The summed E-state index contributed by atoms with van der Waals surface area (Å²) in [5.41, 5.74) is 7.71. The zero-order valence-corrected chi connectivity index (χ0v) is 13.1. The molecular formula is C17H30N2. The number of nitrogens with two attached hydrogens (primary N) is 1. The summed E-state index contributed by atoms with van der Waals surface area (Å²) in [6.45, 7) is 9.09. The molecule has 0 aliphatic heterocycles. The minimum absolute atomic E-state index is 0.0887. The van der Waals surface area contributed by atoms with Crippen molar-refractivity contribution in [2.45, 2.75) is 58.7 Å². The Morgan fingerprint density at radius 3 is 2.16 bits per heavy atom. The van der Waals surface area contributed by atoms with E-state index in [1.54, 1.807) is 0 Å². The van der Waals surface area contributed by atoms with Gasteiger partial charge in [0.05, 0.1) is 0 Å². The topological polar surface area (TPSA) is 29.3 Å². The van der Waals surface area contributed by atoms with Crippen molar-refractivity contribution in [1.29, 1.82) is 0 Å². The molecule has 0 aliphatic rings. The molecule has 2 N–H and O–H groups in total. The van der Waals surface area contributed by atoms with Crippen molar-refractivity contribution in [2.75, 3.05) is 7.05 Å². The highest BCUT2D eigenvalue weighted by Gasteiger charge is 2.25. The Balaban J connectivity index is 2.76. The van der Waals surface area contributed by atoms with Crippen molar-refractivity contribution in [2.24, 2.45) is 11.7 Å². The van der Waals surface area contributed by atoms with Gasteiger partial charge >= 0.3 is 0 Å². The maximum Gasteiger partial charge on any atom is 0.0452 e. The number of likely N-dealkylation sites (N-methyl/N-ethyl adjacent to an activating group) is 1. The smallest absolute Gasteiger partial charge is 0.0452 e. The fourth-order valence-corrected chi connectivity index (χ4v) is 2.87. The Bertz CT molecular complexity index is 348. The first-order valence-corrected chi connectivity index (χ1v) is 7.49. The van der Waals surface area contributed by atoms with Gasteiger partial charge in [-0.3, -0.25) is 4.90 Å². The highest BCUT2D eigenvalue weighted by atomic mass is 15.2. The van der Waals surface area contributed by atoms with Gasteiger partial charge in [0, 0.05) is 18.1 Å². The zero-order valence-electron chi connectivity index (χ0n) is 13.1. The third-order valence-corrected chi connectivity index (χ3v) is 4.05. The molecule has 2 heteroatoms. The van der Waals surface area contributed by atoms with E-state index < -0.39 is 0 Å². The van der Waals surface area contributed by atoms with Gasteiger partial charge in [-0.1, -0.05) is 51.1 Å².